The van der Waals surface area contributed by atoms with E-state index in [-0.39, 0.29) is 43.2 Å². The van der Waals surface area contributed by atoms with Crippen LogP contribution in [0.4, 0.5) is 24.5 Å². The number of nitro groups is 1. The molecule has 0 bridgehead atoms. The molecule has 7 nitrogen and oxygen atoms in total. The van der Waals surface area contributed by atoms with Crippen LogP contribution in [-0.4, -0.2) is 47.7 Å². The van der Waals surface area contributed by atoms with E-state index < -0.39 is 39.5 Å². The number of amides is 1. The fourth-order valence-corrected chi connectivity index (χ4v) is 3.16. The van der Waals surface area contributed by atoms with Crippen molar-refractivity contribution in [2.75, 3.05) is 31.1 Å². The lowest BCUT2D eigenvalue weighted by Gasteiger charge is -2.36. The van der Waals surface area contributed by atoms with Gasteiger partial charge in [0.1, 0.15) is 11.4 Å². The first-order valence-corrected chi connectivity index (χ1v) is 8.67. The minimum atomic E-state index is -1.41. The normalized spacial score (nSPS) is 14.1. The minimum absolute atomic E-state index is 0.100. The van der Waals surface area contributed by atoms with E-state index in [1.54, 1.807) is 4.90 Å². The van der Waals surface area contributed by atoms with Crippen molar-refractivity contribution in [3.05, 3.63) is 69.0 Å². The average Bonchev–Trinajstić information content (AvgIpc) is 2.69. The molecule has 1 amide bonds. The summed E-state index contributed by atoms with van der Waals surface area (Å²) in [5, 5.41) is 11.1. The van der Waals surface area contributed by atoms with Gasteiger partial charge in [-0.2, -0.15) is 0 Å². The molecule has 0 saturated carbocycles. The molecule has 0 spiro atoms. The number of piperazine rings is 1. The summed E-state index contributed by atoms with van der Waals surface area (Å²) >= 11 is 0. The third kappa shape index (κ3) is 4.05. The Morgan fingerprint density at radius 2 is 1.59 bits per heavy atom. The molecular weight excluding hydrogens is 391 g/mol. The second-order valence-electron chi connectivity index (χ2n) is 6.54. The maximum absolute atomic E-state index is 14.3. The van der Waals surface area contributed by atoms with E-state index in [2.05, 4.69) is 0 Å². The Morgan fingerprint density at radius 1 is 0.966 bits per heavy atom. The van der Waals surface area contributed by atoms with Crippen LogP contribution in [0.1, 0.15) is 27.6 Å². The number of anilines is 1. The second-order valence-corrected chi connectivity index (χ2v) is 6.54. The Labute approximate surface area is 163 Å². The van der Waals surface area contributed by atoms with Crippen molar-refractivity contribution < 1.29 is 27.7 Å². The highest BCUT2D eigenvalue weighted by molar-refractivity contribution is 5.98. The highest BCUT2D eigenvalue weighted by atomic mass is 19.2. The van der Waals surface area contributed by atoms with Gasteiger partial charge in [0.15, 0.2) is 17.4 Å². The first-order chi connectivity index (χ1) is 13.7. The zero-order valence-electron chi connectivity index (χ0n) is 15.3. The number of ketones is 1. The van der Waals surface area contributed by atoms with E-state index in [1.165, 1.54) is 24.0 Å². The maximum Gasteiger partial charge on any atom is 0.285 e. The van der Waals surface area contributed by atoms with Crippen LogP contribution >= 0.6 is 0 Å². The molecule has 2 aromatic carbocycles. The monoisotopic (exact) mass is 407 g/mol. The minimum Gasteiger partial charge on any atom is -0.366 e. The molecule has 1 fully saturated rings. The van der Waals surface area contributed by atoms with Crippen molar-refractivity contribution in [3.8, 4) is 0 Å². The van der Waals surface area contributed by atoms with Gasteiger partial charge in [0.25, 0.3) is 11.6 Å². The van der Waals surface area contributed by atoms with Gasteiger partial charge in [0.05, 0.1) is 16.7 Å². The Balaban J connectivity index is 1.76. The fourth-order valence-electron chi connectivity index (χ4n) is 3.16. The summed E-state index contributed by atoms with van der Waals surface area (Å²) in [5.41, 5.74) is -0.854. The van der Waals surface area contributed by atoms with Gasteiger partial charge >= 0.3 is 0 Å². The third-order valence-corrected chi connectivity index (χ3v) is 4.73. The van der Waals surface area contributed by atoms with Crippen LogP contribution in [0.2, 0.25) is 0 Å². The maximum atomic E-state index is 14.3. The molecule has 1 aliphatic heterocycles. The Bertz CT molecular complexity index is 1000. The van der Waals surface area contributed by atoms with Crippen LogP contribution in [0, 0.1) is 27.6 Å². The lowest BCUT2D eigenvalue weighted by atomic mass is 10.1. The number of Topliss-reactive ketones (excluding diaryl/α,β-unsaturated/α-hetero) is 1. The third-order valence-electron chi connectivity index (χ3n) is 4.73. The van der Waals surface area contributed by atoms with Crippen molar-refractivity contribution in [2.24, 2.45) is 0 Å². The molecule has 0 aliphatic carbocycles. The number of hydrogen-bond acceptors (Lipinski definition) is 5. The largest absolute Gasteiger partial charge is 0.366 e. The van der Waals surface area contributed by atoms with Gasteiger partial charge in [-0.1, -0.05) is 0 Å². The van der Waals surface area contributed by atoms with Gasteiger partial charge in [0, 0.05) is 31.7 Å². The number of hydrogen-bond donors (Lipinski definition) is 0. The molecule has 1 aliphatic rings. The number of halogens is 3. The number of carbonyl (C=O) groups is 2. The van der Waals surface area contributed by atoms with E-state index in [0.717, 1.165) is 6.07 Å². The predicted octanol–water partition coefficient (Wildman–Crippen LogP) is 3.18. The standard InChI is InChI=1S/C19H16F3N3O4/c1-11(26)12-2-3-17(16(22)8-12)23-4-6-24(7-5-23)19(27)13-9-14(20)15(21)10-18(13)25(28)29/h2-3,8-10H,4-7H2,1H3. The number of benzene rings is 2. The van der Waals surface area contributed by atoms with Crippen LogP contribution in [0.3, 0.4) is 0 Å². The van der Waals surface area contributed by atoms with Crippen molar-refractivity contribution >= 4 is 23.1 Å². The van der Waals surface area contributed by atoms with Crippen molar-refractivity contribution in [2.45, 2.75) is 6.92 Å². The molecule has 3 rings (SSSR count). The van der Waals surface area contributed by atoms with Crippen LogP contribution in [0.5, 0.6) is 0 Å². The highest BCUT2D eigenvalue weighted by Crippen LogP contribution is 2.26. The zero-order valence-corrected chi connectivity index (χ0v) is 15.3. The fraction of sp³-hybridized carbons (Fsp3) is 0.263. The molecule has 0 atom stereocenters. The van der Waals surface area contributed by atoms with Gasteiger partial charge in [-0.15, -0.1) is 0 Å². The van der Waals surface area contributed by atoms with Gasteiger partial charge in [-0.3, -0.25) is 19.7 Å². The molecule has 1 heterocycles. The lowest BCUT2D eigenvalue weighted by Crippen LogP contribution is -2.49. The SMILES string of the molecule is CC(=O)c1ccc(N2CCN(C(=O)c3cc(F)c(F)cc3[N+](=O)[O-])CC2)c(F)c1. The summed E-state index contributed by atoms with van der Waals surface area (Å²) in [7, 11) is 0. The van der Waals surface area contributed by atoms with E-state index in [4.69, 9.17) is 0 Å². The molecular formula is C19H16F3N3O4. The molecule has 29 heavy (non-hydrogen) atoms. The summed E-state index contributed by atoms with van der Waals surface area (Å²) in [5.74, 6) is -4.41. The predicted molar refractivity (Wildman–Crippen MR) is 97.5 cm³/mol. The summed E-state index contributed by atoms with van der Waals surface area (Å²) in [6.45, 7) is 1.97. The van der Waals surface area contributed by atoms with E-state index in [1.807, 2.05) is 0 Å². The number of rotatable bonds is 4. The van der Waals surface area contributed by atoms with Crippen LogP contribution in [0.25, 0.3) is 0 Å². The van der Waals surface area contributed by atoms with Crippen LogP contribution in [0.15, 0.2) is 30.3 Å². The van der Waals surface area contributed by atoms with Crippen molar-refractivity contribution in [3.63, 3.8) is 0 Å². The molecule has 0 radical (unpaired) electrons. The molecule has 1 saturated heterocycles. The number of nitrogens with zero attached hydrogens (tertiary/aromatic N) is 3. The molecule has 0 aromatic heterocycles. The summed E-state index contributed by atoms with van der Waals surface area (Å²) in [6.07, 6.45) is 0. The molecule has 2 aromatic rings. The van der Waals surface area contributed by atoms with Crippen LogP contribution < -0.4 is 4.90 Å². The Kier molecular flexibility index (Phi) is 5.53. The van der Waals surface area contributed by atoms with E-state index in [0.29, 0.717) is 12.1 Å². The molecule has 0 N–H and O–H groups in total. The quantitative estimate of drug-likeness (QED) is 0.442. The Hall–Kier alpha value is -3.43. The summed E-state index contributed by atoms with van der Waals surface area (Å²) in [6, 6.07) is 5.01. The van der Waals surface area contributed by atoms with E-state index in [9.17, 15) is 32.9 Å². The first kappa shape index (κ1) is 20.3. The van der Waals surface area contributed by atoms with Gasteiger partial charge in [0.2, 0.25) is 0 Å². The number of carbonyl (C=O) groups excluding carboxylic acids is 2. The van der Waals surface area contributed by atoms with Crippen LogP contribution in [-0.2, 0) is 0 Å². The lowest BCUT2D eigenvalue weighted by molar-refractivity contribution is -0.385. The first-order valence-electron chi connectivity index (χ1n) is 8.67. The van der Waals surface area contributed by atoms with Gasteiger partial charge in [-0.05, 0) is 31.2 Å². The van der Waals surface area contributed by atoms with Gasteiger partial charge in [-0.25, -0.2) is 13.2 Å². The second kappa shape index (κ2) is 7.90. The Morgan fingerprint density at radius 3 is 2.14 bits per heavy atom. The summed E-state index contributed by atoms with van der Waals surface area (Å²) < 4.78 is 41.2. The van der Waals surface area contributed by atoms with Gasteiger partial charge < -0.3 is 9.80 Å². The smallest absolute Gasteiger partial charge is 0.285 e. The summed E-state index contributed by atoms with van der Waals surface area (Å²) in [4.78, 5) is 37.0. The molecule has 0 unspecified atom stereocenters. The number of nitro benzene ring substituents is 1. The molecule has 152 valence electrons. The zero-order chi connectivity index (χ0) is 21.3. The average molecular weight is 407 g/mol. The highest BCUT2D eigenvalue weighted by Gasteiger charge is 2.30. The molecule has 10 heteroatoms. The van der Waals surface area contributed by atoms with E-state index >= 15 is 0 Å². The van der Waals surface area contributed by atoms with Crippen molar-refractivity contribution in [1.29, 1.82) is 0 Å². The van der Waals surface area contributed by atoms with Crippen molar-refractivity contribution in [1.82, 2.24) is 4.90 Å². The topological polar surface area (TPSA) is 83.8 Å².